The van der Waals surface area contributed by atoms with Gasteiger partial charge in [0.2, 0.25) is 11.2 Å². The van der Waals surface area contributed by atoms with Crippen molar-refractivity contribution in [3.63, 3.8) is 0 Å². The van der Waals surface area contributed by atoms with Crippen molar-refractivity contribution in [3.05, 3.63) is 16.4 Å². The Hall–Kier alpha value is -1.82. The van der Waals surface area contributed by atoms with Crippen LogP contribution in [0, 0.1) is 0 Å². The lowest BCUT2D eigenvalue weighted by Gasteiger charge is -2.23. The van der Waals surface area contributed by atoms with Gasteiger partial charge < -0.3 is 10.1 Å². The number of nitrogens with one attached hydrogen (secondary N) is 2. The average Bonchev–Trinajstić information content (AvgIpc) is 2.95. The lowest BCUT2D eigenvalue weighted by atomic mass is 10.4. The van der Waals surface area contributed by atoms with Gasteiger partial charge in [-0.05, 0) is 25.4 Å². The van der Waals surface area contributed by atoms with Crippen molar-refractivity contribution in [2.24, 2.45) is 0 Å². The molecule has 0 atom stereocenters. The quantitative estimate of drug-likeness (QED) is 0.655. The molecule has 0 saturated heterocycles. The highest BCUT2D eigenvalue weighted by molar-refractivity contribution is 7.90. The van der Waals surface area contributed by atoms with Gasteiger partial charge in [0.05, 0.1) is 6.10 Å². The van der Waals surface area contributed by atoms with Gasteiger partial charge in [0.15, 0.2) is 11.6 Å². The largest absolute Gasteiger partial charge is 0.474 e. The molecule has 0 bridgehead atoms. The van der Waals surface area contributed by atoms with E-state index in [1.54, 1.807) is 6.07 Å². The molecule has 10 nitrogen and oxygen atoms in total. The van der Waals surface area contributed by atoms with E-state index in [1.165, 1.54) is 21.1 Å². The summed E-state index contributed by atoms with van der Waals surface area (Å²) in [6, 6.07) is 1.60. The molecule has 144 valence electrons. The maximum absolute atomic E-state index is 12.3. The number of rotatable bonds is 7. The molecule has 0 aliphatic carbocycles. The van der Waals surface area contributed by atoms with E-state index in [0.717, 1.165) is 8.61 Å². The summed E-state index contributed by atoms with van der Waals surface area (Å²) < 4.78 is 32.0. The summed E-state index contributed by atoms with van der Waals surface area (Å²) in [5, 5.41) is 9.38. The zero-order valence-corrected chi connectivity index (χ0v) is 17.1. The summed E-state index contributed by atoms with van der Waals surface area (Å²) in [7, 11) is 0.294. The van der Waals surface area contributed by atoms with Gasteiger partial charge in [-0.15, -0.1) is 5.10 Å². The molecular weight excluding hydrogens is 405 g/mol. The first-order chi connectivity index (χ1) is 12.0. The highest BCUT2D eigenvalue weighted by Gasteiger charge is 2.26. The van der Waals surface area contributed by atoms with Crippen molar-refractivity contribution in [2.75, 3.05) is 30.8 Å². The molecule has 0 fully saturated rings. The Morgan fingerprint density at radius 3 is 2.46 bits per heavy atom. The van der Waals surface area contributed by atoms with Crippen molar-refractivity contribution < 1.29 is 13.2 Å². The van der Waals surface area contributed by atoms with Crippen LogP contribution in [0.4, 0.5) is 17.5 Å². The predicted molar refractivity (Wildman–Crippen MR) is 101 cm³/mol. The molecule has 0 amide bonds. The van der Waals surface area contributed by atoms with E-state index in [-0.39, 0.29) is 28.0 Å². The van der Waals surface area contributed by atoms with Crippen LogP contribution in [0.1, 0.15) is 13.8 Å². The van der Waals surface area contributed by atoms with Gasteiger partial charge >= 0.3 is 10.2 Å². The minimum Gasteiger partial charge on any atom is -0.474 e. The Balaban J connectivity index is 2.36. The second-order valence-electron chi connectivity index (χ2n) is 5.65. The molecule has 26 heavy (non-hydrogen) atoms. The summed E-state index contributed by atoms with van der Waals surface area (Å²) in [6.07, 6.45) is -0.0419. The molecule has 2 heterocycles. The van der Waals surface area contributed by atoms with Gasteiger partial charge in [0, 0.05) is 27.2 Å². The van der Waals surface area contributed by atoms with Crippen molar-refractivity contribution in [1.82, 2.24) is 24.5 Å². The van der Waals surface area contributed by atoms with Crippen LogP contribution in [0.5, 0.6) is 5.88 Å². The molecule has 0 aromatic carbocycles. The fourth-order valence-corrected chi connectivity index (χ4v) is 3.16. The molecular formula is C13H19Cl2N7O3S. The smallest absolute Gasteiger partial charge is 0.304 e. The third-order valence-corrected chi connectivity index (χ3v) is 5.38. The van der Waals surface area contributed by atoms with Crippen molar-refractivity contribution in [2.45, 2.75) is 20.0 Å². The summed E-state index contributed by atoms with van der Waals surface area (Å²) in [5.41, 5.74) is 0. The number of anilines is 3. The van der Waals surface area contributed by atoms with E-state index in [0.29, 0.717) is 11.7 Å². The van der Waals surface area contributed by atoms with Crippen molar-refractivity contribution in [3.8, 4) is 5.88 Å². The Morgan fingerprint density at radius 1 is 1.23 bits per heavy atom. The van der Waals surface area contributed by atoms with Gasteiger partial charge in [-0.2, -0.15) is 22.7 Å². The SMILES string of the molecule is CC(C)Oc1cc(Nc2nc(Cl)nc(N(C)S(=O)(=O)N(C)C)c2Cl)[nH]n1. The van der Waals surface area contributed by atoms with Crippen LogP contribution in [0.15, 0.2) is 6.07 Å². The van der Waals surface area contributed by atoms with Gasteiger partial charge in [0.25, 0.3) is 0 Å². The Kier molecular flexibility index (Phi) is 6.17. The monoisotopic (exact) mass is 423 g/mol. The molecule has 2 N–H and O–H groups in total. The lowest BCUT2D eigenvalue weighted by Crippen LogP contribution is -2.38. The van der Waals surface area contributed by atoms with Gasteiger partial charge in [0.1, 0.15) is 10.8 Å². The zero-order valence-electron chi connectivity index (χ0n) is 14.8. The fourth-order valence-electron chi connectivity index (χ4n) is 1.85. The number of aromatic amines is 1. The maximum atomic E-state index is 12.3. The first kappa shape index (κ1) is 20.5. The van der Waals surface area contributed by atoms with Crippen LogP contribution in [-0.4, -0.2) is 60.1 Å². The van der Waals surface area contributed by atoms with Gasteiger partial charge in [-0.3, -0.25) is 5.10 Å². The van der Waals surface area contributed by atoms with Crippen molar-refractivity contribution in [1.29, 1.82) is 0 Å². The molecule has 0 unspecified atom stereocenters. The minimum absolute atomic E-state index is 0.0248. The third-order valence-electron chi connectivity index (χ3n) is 3.08. The van der Waals surface area contributed by atoms with Gasteiger partial charge in [-0.1, -0.05) is 11.6 Å². The second kappa shape index (κ2) is 7.82. The predicted octanol–water partition coefficient (Wildman–Crippen LogP) is 2.28. The average molecular weight is 424 g/mol. The number of hydrogen-bond donors (Lipinski definition) is 2. The summed E-state index contributed by atoms with van der Waals surface area (Å²) >= 11 is 12.2. The van der Waals surface area contributed by atoms with Gasteiger partial charge in [-0.25, -0.2) is 4.31 Å². The van der Waals surface area contributed by atoms with E-state index in [9.17, 15) is 8.42 Å². The van der Waals surface area contributed by atoms with Crippen molar-refractivity contribution >= 4 is 50.9 Å². The Labute approximate surface area is 161 Å². The van der Waals surface area contributed by atoms with E-state index >= 15 is 0 Å². The number of nitrogens with zero attached hydrogens (tertiary/aromatic N) is 5. The first-order valence-electron chi connectivity index (χ1n) is 7.41. The number of H-pyrrole nitrogens is 1. The molecule has 0 radical (unpaired) electrons. The van der Waals surface area contributed by atoms with Crippen LogP contribution >= 0.6 is 23.2 Å². The highest BCUT2D eigenvalue weighted by atomic mass is 35.5. The molecule has 0 saturated carbocycles. The number of aromatic nitrogens is 4. The lowest BCUT2D eigenvalue weighted by molar-refractivity contribution is 0.232. The molecule has 13 heteroatoms. The summed E-state index contributed by atoms with van der Waals surface area (Å²) in [5.74, 6) is 0.857. The standard InChI is InChI=1S/C13H19Cl2N7O3S/c1-7(2)25-9-6-8(19-20-9)16-11-10(14)12(18-13(15)17-11)22(5)26(23,24)21(3)4/h6-7H,1-5H3,(H2,16,17,18,19,20). The normalized spacial score (nSPS) is 11.9. The number of hydrogen-bond acceptors (Lipinski definition) is 7. The van der Waals surface area contributed by atoms with Crippen LogP contribution in [0.25, 0.3) is 0 Å². The van der Waals surface area contributed by atoms with E-state index < -0.39 is 10.2 Å². The molecule has 0 spiro atoms. The van der Waals surface area contributed by atoms with E-state index in [2.05, 4.69) is 25.5 Å². The topological polar surface area (TPSA) is 116 Å². The molecule has 2 rings (SSSR count). The van der Waals surface area contributed by atoms with E-state index in [4.69, 9.17) is 27.9 Å². The zero-order chi connectivity index (χ0) is 19.6. The fraction of sp³-hybridized carbons (Fsp3) is 0.462. The molecule has 2 aromatic heterocycles. The summed E-state index contributed by atoms with van der Waals surface area (Å²) in [4.78, 5) is 7.92. The highest BCUT2D eigenvalue weighted by Crippen LogP contribution is 2.33. The number of halogens is 2. The third kappa shape index (κ3) is 4.47. The van der Waals surface area contributed by atoms with E-state index in [1.807, 2.05) is 13.8 Å². The maximum Gasteiger partial charge on any atom is 0.304 e. The Bertz CT molecular complexity index is 886. The Morgan fingerprint density at radius 2 is 1.88 bits per heavy atom. The van der Waals surface area contributed by atoms with Crippen LogP contribution in [0.3, 0.4) is 0 Å². The van der Waals surface area contributed by atoms with Crippen LogP contribution < -0.4 is 14.4 Å². The van der Waals surface area contributed by atoms with Crippen LogP contribution in [0.2, 0.25) is 10.3 Å². The second-order valence-corrected chi connectivity index (χ2v) is 8.54. The summed E-state index contributed by atoms with van der Waals surface area (Å²) in [6.45, 7) is 3.74. The minimum atomic E-state index is -3.80. The van der Waals surface area contributed by atoms with Crippen LogP contribution in [-0.2, 0) is 10.2 Å². The molecule has 0 aliphatic rings. The molecule has 0 aliphatic heterocycles. The molecule has 2 aromatic rings. The first-order valence-corrected chi connectivity index (χ1v) is 9.56. The number of ether oxygens (including phenoxy) is 1.